The zero-order valence-electron chi connectivity index (χ0n) is 10.1. The summed E-state index contributed by atoms with van der Waals surface area (Å²) in [4.78, 5) is 12.0. The van der Waals surface area contributed by atoms with E-state index in [-0.39, 0.29) is 18.3 Å². The van der Waals surface area contributed by atoms with Crippen LogP contribution in [0.3, 0.4) is 0 Å². The van der Waals surface area contributed by atoms with Gasteiger partial charge in [-0.25, -0.2) is 4.39 Å². The minimum absolute atomic E-state index is 0.0980. The topological polar surface area (TPSA) is 29.1 Å². The Morgan fingerprint density at radius 2 is 1.80 bits per heavy atom. The zero-order chi connectivity index (χ0) is 14.7. The van der Waals surface area contributed by atoms with Crippen molar-refractivity contribution in [1.29, 1.82) is 0 Å². The molecule has 2 nitrogen and oxygen atoms in total. The Morgan fingerprint density at radius 1 is 1.15 bits per heavy atom. The molecule has 2 aromatic carbocycles. The summed E-state index contributed by atoms with van der Waals surface area (Å²) in [5.74, 6) is -0.723. The third-order valence-electron chi connectivity index (χ3n) is 2.63. The van der Waals surface area contributed by atoms with Gasteiger partial charge in [-0.2, -0.15) is 0 Å². The van der Waals surface area contributed by atoms with E-state index in [4.69, 9.17) is 11.6 Å². The SMILES string of the molecule is O=C(NCc1ccc(Br)cc1F)c1cc(Br)ccc1Cl. The Bertz CT molecular complexity index is 664. The van der Waals surface area contributed by atoms with Crippen molar-refractivity contribution < 1.29 is 9.18 Å². The number of carbonyl (C=O) groups is 1. The van der Waals surface area contributed by atoms with Gasteiger partial charge in [-0.05, 0) is 30.3 Å². The molecule has 0 aliphatic rings. The lowest BCUT2D eigenvalue weighted by Gasteiger charge is -2.08. The standard InChI is InChI=1S/C14H9Br2ClFNO/c15-9-3-4-12(17)11(5-9)14(20)19-7-8-1-2-10(16)6-13(8)18/h1-6H,7H2,(H,19,20). The molecule has 0 aliphatic heterocycles. The van der Waals surface area contributed by atoms with Crippen LogP contribution in [0, 0.1) is 5.82 Å². The normalized spacial score (nSPS) is 10.4. The third kappa shape index (κ3) is 3.81. The zero-order valence-corrected chi connectivity index (χ0v) is 14.0. The van der Waals surface area contributed by atoms with Gasteiger partial charge in [0.25, 0.3) is 5.91 Å². The molecule has 1 N–H and O–H groups in total. The molecule has 0 bridgehead atoms. The van der Waals surface area contributed by atoms with Crippen LogP contribution in [0.15, 0.2) is 45.3 Å². The summed E-state index contributed by atoms with van der Waals surface area (Å²) in [6, 6.07) is 9.68. The van der Waals surface area contributed by atoms with Crippen molar-refractivity contribution in [2.75, 3.05) is 0 Å². The maximum atomic E-state index is 13.6. The second-order valence-electron chi connectivity index (χ2n) is 4.04. The van der Waals surface area contributed by atoms with Crippen LogP contribution in [0.4, 0.5) is 4.39 Å². The molecule has 0 spiro atoms. The minimum atomic E-state index is -0.375. The maximum Gasteiger partial charge on any atom is 0.253 e. The highest BCUT2D eigenvalue weighted by molar-refractivity contribution is 9.10. The number of carbonyl (C=O) groups excluding carboxylic acids is 1. The number of amides is 1. The summed E-state index contributed by atoms with van der Waals surface area (Å²) < 4.78 is 15.0. The van der Waals surface area contributed by atoms with Gasteiger partial charge in [0.15, 0.2) is 0 Å². The van der Waals surface area contributed by atoms with Gasteiger partial charge in [-0.3, -0.25) is 4.79 Å². The molecule has 2 aromatic rings. The van der Waals surface area contributed by atoms with Crippen molar-refractivity contribution in [2.45, 2.75) is 6.54 Å². The Hall–Kier alpha value is -0.910. The van der Waals surface area contributed by atoms with Crippen LogP contribution in [-0.2, 0) is 6.54 Å². The van der Waals surface area contributed by atoms with Crippen LogP contribution >= 0.6 is 43.5 Å². The Morgan fingerprint density at radius 3 is 2.50 bits per heavy atom. The Kier molecular flexibility index (Phi) is 5.18. The van der Waals surface area contributed by atoms with Crippen LogP contribution in [0.25, 0.3) is 0 Å². The van der Waals surface area contributed by atoms with Crippen LogP contribution in [0.5, 0.6) is 0 Å². The number of benzene rings is 2. The summed E-state index contributed by atoms with van der Waals surface area (Å²) in [5, 5.41) is 2.99. The molecule has 6 heteroatoms. The van der Waals surface area contributed by atoms with Crippen LogP contribution in [-0.4, -0.2) is 5.91 Å². The molecule has 20 heavy (non-hydrogen) atoms. The average Bonchev–Trinajstić information content (AvgIpc) is 2.40. The predicted molar refractivity (Wildman–Crippen MR) is 84.4 cm³/mol. The minimum Gasteiger partial charge on any atom is -0.348 e. The molecule has 0 unspecified atom stereocenters. The molecule has 2 rings (SSSR count). The quantitative estimate of drug-likeness (QED) is 0.748. The van der Waals surface area contributed by atoms with Crippen molar-refractivity contribution in [3.63, 3.8) is 0 Å². The monoisotopic (exact) mass is 419 g/mol. The second kappa shape index (κ2) is 6.70. The van der Waals surface area contributed by atoms with Gasteiger partial charge in [-0.15, -0.1) is 0 Å². The molecule has 0 radical (unpaired) electrons. The fourth-order valence-corrected chi connectivity index (χ4v) is 2.50. The summed E-state index contributed by atoms with van der Waals surface area (Å²) in [6.07, 6.45) is 0. The molecule has 0 aliphatic carbocycles. The van der Waals surface area contributed by atoms with E-state index in [2.05, 4.69) is 37.2 Å². The average molecular weight is 421 g/mol. The van der Waals surface area contributed by atoms with Crippen molar-refractivity contribution in [3.8, 4) is 0 Å². The molecule has 1 amide bonds. The Balaban J connectivity index is 2.10. The lowest BCUT2D eigenvalue weighted by molar-refractivity contribution is 0.0950. The molecular formula is C14H9Br2ClFNO. The summed E-state index contributed by atoms with van der Waals surface area (Å²) in [7, 11) is 0. The number of rotatable bonds is 3. The van der Waals surface area contributed by atoms with Gasteiger partial charge in [0.1, 0.15) is 5.82 Å². The largest absolute Gasteiger partial charge is 0.348 e. The number of nitrogens with one attached hydrogen (secondary N) is 1. The highest BCUT2D eigenvalue weighted by Gasteiger charge is 2.11. The number of halogens is 4. The second-order valence-corrected chi connectivity index (χ2v) is 6.28. The van der Waals surface area contributed by atoms with Crippen molar-refractivity contribution >= 4 is 49.4 Å². The molecule has 104 valence electrons. The van der Waals surface area contributed by atoms with Gasteiger partial charge in [-0.1, -0.05) is 49.5 Å². The first-order chi connectivity index (χ1) is 9.47. The highest BCUT2D eigenvalue weighted by Crippen LogP contribution is 2.21. The molecular weight excluding hydrogens is 412 g/mol. The van der Waals surface area contributed by atoms with Crippen molar-refractivity contribution in [1.82, 2.24) is 5.32 Å². The fraction of sp³-hybridized carbons (Fsp3) is 0.0714. The number of hydrogen-bond donors (Lipinski definition) is 1. The van der Waals surface area contributed by atoms with Crippen molar-refractivity contribution in [3.05, 3.63) is 67.3 Å². The van der Waals surface area contributed by atoms with Gasteiger partial charge in [0, 0.05) is 21.1 Å². The van der Waals surface area contributed by atoms with E-state index >= 15 is 0 Å². The van der Waals surface area contributed by atoms with E-state index in [1.807, 2.05) is 0 Å². The first-order valence-corrected chi connectivity index (χ1v) is 7.61. The number of hydrogen-bond acceptors (Lipinski definition) is 1. The van der Waals surface area contributed by atoms with Gasteiger partial charge in [0.05, 0.1) is 10.6 Å². The van der Waals surface area contributed by atoms with E-state index < -0.39 is 0 Å². The highest BCUT2D eigenvalue weighted by atomic mass is 79.9. The molecule has 0 heterocycles. The molecule has 0 saturated heterocycles. The van der Waals surface area contributed by atoms with E-state index in [1.165, 1.54) is 6.07 Å². The van der Waals surface area contributed by atoms with E-state index in [0.717, 1.165) is 4.47 Å². The Labute approximate surface area is 137 Å². The summed E-state index contributed by atoms with van der Waals surface area (Å²) in [6.45, 7) is 0.0980. The van der Waals surface area contributed by atoms with E-state index in [1.54, 1.807) is 30.3 Å². The lowest BCUT2D eigenvalue weighted by Crippen LogP contribution is -2.23. The third-order valence-corrected chi connectivity index (χ3v) is 3.94. The van der Waals surface area contributed by atoms with Crippen LogP contribution in [0.1, 0.15) is 15.9 Å². The van der Waals surface area contributed by atoms with E-state index in [0.29, 0.717) is 20.6 Å². The van der Waals surface area contributed by atoms with Crippen LogP contribution in [0.2, 0.25) is 5.02 Å². The van der Waals surface area contributed by atoms with Crippen molar-refractivity contribution in [2.24, 2.45) is 0 Å². The molecule has 0 saturated carbocycles. The fourth-order valence-electron chi connectivity index (χ4n) is 1.61. The molecule has 0 fully saturated rings. The van der Waals surface area contributed by atoms with E-state index in [9.17, 15) is 9.18 Å². The summed E-state index contributed by atoms with van der Waals surface area (Å²) >= 11 is 12.4. The molecule has 0 atom stereocenters. The lowest BCUT2D eigenvalue weighted by atomic mass is 10.2. The van der Waals surface area contributed by atoms with Gasteiger partial charge in [0.2, 0.25) is 0 Å². The summed E-state index contributed by atoms with van der Waals surface area (Å²) in [5.41, 5.74) is 0.756. The maximum absolute atomic E-state index is 13.6. The first-order valence-electron chi connectivity index (χ1n) is 5.64. The van der Waals surface area contributed by atoms with Gasteiger partial charge < -0.3 is 5.32 Å². The smallest absolute Gasteiger partial charge is 0.253 e. The van der Waals surface area contributed by atoms with Crippen LogP contribution < -0.4 is 5.32 Å². The predicted octanol–water partition coefficient (Wildman–Crippen LogP) is 4.93. The van der Waals surface area contributed by atoms with Gasteiger partial charge >= 0.3 is 0 Å². The first kappa shape index (κ1) is 15.5. The molecule has 0 aromatic heterocycles.